The normalized spacial score (nSPS) is 10.5. The van der Waals surface area contributed by atoms with E-state index < -0.39 is 0 Å². The van der Waals surface area contributed by atoms with E-state index in [0.717, 1.165) is 16.4 Å². The molecule has 0 atom stereocenters. The van der Waals surface area contributed by atoms with Gasteiger partial charge in [0.25, 0.3) is 0 Å². The van der Waals surface area contributed by atoms with Crippen LogP contribution < -0.4 is 0 Å². The third-order valence-corrected chi connectivity index (χ3v) is 3.05. The van der Waals surface area contributed by atoms with Crippen molar-refractivity contribution in [2.45, 2.75) is 13.3 Å². The van der Waals surface area contributed by atoms with Gasteiger partial charge in [-0.25, -0.2) is 6.57 Å². The number of fused-ring (bicyclic) bond motifs is 1. The number of halogens is 1. The van der Waals surface area contributed by atoms with Crippen molar-refractivity contribution in [1.29, 1.82) is 0 Å². The summed E-state index contributed by atoms with van der Waals surface area (Å²) in [4.78, 5) is 6.75. The van der Waals surface area contributed by atoms with Crippen molar-refractivity contribution in [1.82, 2.24) is 4.98 Å². The van der Waals surface area contributed by atoms with Gasteiger partial charge in [0.05, 0.1) is 0 Å². The van der Waals surface area contributed by atoms with Crippen molar-refractivity contribution in [2.24, 2.45) is 0 Å². The lowest BCUT2D eigenvalue weighted by Crippen LogP contribution is -1.88. The van der Waals surface area contributed by atoms with Crippen molar-refractivity contribution < 1.29 is 0 Å². The van der Waals surface area contributed by atoms with Gasteiger partial charge in [-0.1, -0.05) is 22.0 Å². The molecule has 0 aliphatic carbocycles. The molecule has 0 amide bonds. The molecule has 1 aromatic heterocycles. The van der Waals surface area contributed by atoms with Crippen LogP contribution in [-0.4, -0.2) is 11.5 Å². The predicted molar refractivity (Wildman–Crippen MR) is 65.9 cm³/mol. The highest BCUT2D eigenvalue weighted by atomic mass is 79.9. The Balaban J connectivity index is 2.54. The summed E-state index contributed by atoms with van der Waals surface area (Å²) in [6.45, 7) is 9.45. The summed E-state index contributed by atoms with van der Waals surface area (Å²) in [7, 11) is 0. The number of benzene rings is 1. The highest BCUT2D eigenvalue weighted by Crippen LogP contribution is 2.25. The van der Waals surface area contributed by atoms with E-state index in [-0.39, 0.29) is 0 Å². The zero-order chi connectivity index (χ0) is 10.8. The molecule has 15 heavy (non-hydrogen) atoms. The van der Waals surface area contributed by atoms with E-state index in [2.05, 4.69) is 44.8 Å². The van der Waals surface area contributed by atoms with Gasteiger partial charge < -0.3 is 9.83 Å². The third-order valence-electron chi connectivity index (χ3n) is 2.56. The Morgan fingerprint density at radius 2 is 2.27 bits per heavy atom. The van der Waals surface area contributed by atoms with Crippen molar-refractivity contribution in [3.05, 3.63) is 45.3 Å². The zero-order valence-corrected chi connectivity index (χ0v) is 10.1. The van der Waals surface area contributed by atoms with Crippen molar-refractivity contribution in [3.63, 3.8) is 0 Å². The fourth-order valence-corrected chi connectivity index (χ4v) is 2.21. The summed E-state index contributed by atoms with van der Waals surface area (Å²) in [5, 5.41) is 1.24. The lowest BCUT2D eigenvalue weighted by atomic mass is 10.1. The Bertz CT molecular complexity index is 534. The number of nitrogens with one attached hydrogen (secondary N) is 1. The maximum atomic E-state index is 6.83. The van der Waals surface area contributed by atoms with Crippen LogP contribution in [0.1, 0.15) is 11.3 Å². The Morgan fingerprint density at radius 1 is 1.47 bits per heavy atom. The molecule has 2 rings (SSSR count). The van der Waals surface area contributed by atoms with E-state index >= 15 is 0 Å². The predicted octanol–water partition coefficient (Wildman–Crippen LogP) is 3.70. The van der Waals surface area contributed by atoms with Gasteiger partial charge in [0.2, 0.25) is 6.54 Å². The summed E-state index contributed by atoms with van der Waals surface area (Å²) >= 11 is 3.45. The summed E-state index contributed by atoms with van der Waals surface area (Å²) in [5.41, 5.74) is 3.59. The van der Waals surface area contributed by atoms with Crippen LogP contribution in [0.2, 0.25) is 0 Å². The van der Waals surface area contributed by atoms with Crippen LogP contribution in [0.25, 0.3) is 15.7 Å². The monoisotopic (exact) mass is 262 g/mol. The average molecular weight is 263 g/mol. The Morgan fingerprint density at radius 3 is 3.00 bits per heavy atom. The van der Waals surface area contributed by atoms with Gasteiger partial charge in [0.1, 0.15) is 0 Å². The molecule has 2 aromatic rings. The summed E-state index contributed by atoms with van der Waals surface area (Å²) in [5.74, 6) is 0. The molecule has 76 valence electrons. The maximum Gasteiger partial charge on any atom is 0.218 e. The molecule has 3 heteroatoms. The summed E-state index contributed by atoms with van der Waals surface area (Å²) in [6, 6.07) is 6.21. The van der Waals surface area contributed by atoms with Crippen LogP contribution >= 0.6 is 15.9 Å². The molecule has 1 heterocycles. The first-order valence-corrected chi connectivity index (χ1v) is 5.61. The quantitative estimate of drug-likeness (QED) is 0.797. The minimum atomic E-state index is 0.559. The molecule has 0 spiro atoms. The average Bonchev–Trinajstić information content (AvgIpc) is 2.50. The van der Waals surface area contributed by atoms with Crippen molar-refractivity contribution >= 4 is 26.8 Å². The largest absolute Gasteiger partial charge is 0.358 e. The summed E-state index contributed by atoms with van der Waals surface area (Å²) in [6.07, 6.45) is 0.830. The van der Waals surface area contributed by atoms with Crippen molar-refractivity contribution in [3.8, 4) is 0 Å². The number of aromatic amines is 1. The lowest BCUT2D eigenvalue weighted by Gasteiger charge is -1.95. The Kier molecular flexibility index (Phi) is 2.79. The van der Waals surface area contributed by atoms with Crippen LogP contribution in [0.3, 0.4) is 0 Å². The van der Waals surface area contributed by atoms with E-state index in [1.165, 1.54) is 16.6 Å². The molecule has 0 unspecified atom stereocenters. The van der Waals surface area contributed by atoms with Crippen LogP contribution in [-0.2, 0) is 6.42 Å². The minimum absolute atomic E-state index is 0.559. The standard InChI is InChI=1S/C12H11BrN2/c1-8-10(5-6-14-2)11-4-3-9(13)7-12(11)15-8/h3-4,7,15H,5-6H2,1H3. The van der Waals surface area contributed by atoms with E-state index in [9.17, 15) is 0 Å². The van der Waals surface area contributed by atoms with Gasteiger partial charge in [-0.05, 0) is 24.6 Å². The molecule has 0 bridgehead atoms. The van der Waals surface area contributed by atoms with Crippen molar-refractivity contribution in [2.75, 3.05) is 6.54 Å². The fourth-order valence-electron chi connectivity index (χ4n) is 1.85. The molecular weight excluding hydrogens is 252 g/mol. The number of nitrogens with zero attached hydrogens (tertiary/aromatic N) is 1. The van der Waals surface area contributed by atoms with Gasteiger partial charge in [0, 0.05) is 27.5 Å². The van der Waals surface area contributed by atoms with E-state index in [1.807, 2.05) is 6.07 Å². The summed E-state index contributed by atoms with van der Waals surface area (Å²) < 4.78 is 1.08. The fraction of sp³-hybridized carbons (Fsp3) is 0.250. The van der Waals surface area contributed by atoms with Crippen LogP contribution in [0.5, 0.6) is 0 Å². The van der Waals surface area contributed by atoms with E-state index in [0.29, 0.717) is 6.54 Å². The second-order valence-electron chi connectivity index (χ2n) is 3.55. The molecule has 0 aliphatic heterocycles. The highest BCUT2D eigenvalue weighted by molar-refractivity contribution is 9.10. The van der Waals surface area contributed by atoms with Crippen LogP contribution in [0.4, 0.5) is 0 Å². The van der Waals surface area contributed by atoms with Gasteiger partial charge in [-0.3, -0.25) is 0 Å². The molecule has 0 fully saturated rings. The van der Waals surface area contributed by atoms with Gasteiger partial charge in [0.15, 0.2) is 0 Å². The zero-order valence-electron chi connectivity index (χ0n) is 8.47. The number of aromatic nitrogens is 1. The van der Waals surface area contributed by atoms with Crippen LogP contribution in [0, 0.1) is 13.5 Å². The van der Waals surface area contributed by atoms with Crippen LogP contribution in [0.15, 0.2) is 22.7 Å². The minimum Gasteiger partial charge on any atom is -0.358 e. The SMILES string of the molecule is [C-]#[N+]CCc1c(C)[nH]c2cc(Br)ccc12. The lowest BCUT2D eigenvalue weighted by molar-refractivity contribution is 1.06. The molecular formula is C12H11BrN2. The molecule has 0 saturated carbocycles. The van der Waals surface area contributed by atoms with Gasteiger partial charge in [-0.2, -0.15) is 0 Å². The molecule has 1 aromatic carbocycles. The van der Waals surface area contributed by atoms with E-state index in [4.69, 9.17) is 6.57 Å². The topological polar surface area (TPSA) is 20.1 Å². The first kappa shape index (κ1) is 10.3. The first-order chi connectivity index (χ1) is 7.22. The molecule has 0 saturated heterocycles. The second kappa shape index (κ2) is 4.08. The number of rotatable bonds is 2. The molecule has 0 radical (unpaired) electrons. The van der Waals surface area contributed by atoms with E-state index in [1.54, 1.807) is 0 Å². The Labute approximate surface area is 97.3 Å². The third kappa shape index (κ3) is 1.91. The number of hydrogen-bond acceptors (Lipinski definition) is 0. The van der Waals surface area contributed by atoms with Gasteiger partial charge in [-0.15, -0.1) is 0 Å². The second-order valence-corrected chi connectivity index (χ2v) is 4.47. The number of aryl methyl sites for hydroxylation is 1. The van der Waals surface area contributed by atoms with Gasteiger partial charge >= 0.3 is 0 Å². The first-order valence-electron chi connectivity index (χ1n) is 4.82. The smallest absolute Gasteiger partial charge is 0.218 e. The highest BCUT2D eigenvalue weighted by Gasteiger charge is 2.08. The number of H-pyrrole nitrogens is 1. The Hall–Kier alpha value is -1.27. The molecule has 1 N–H and O–H groups in total. The number of hydrogen-bond donors (Lipinski definition) is 1. The molecule has 2 nitrogen and oxygen atoms in total. The maximum absolute atomic E-state index is 6.83. The molecule has 0 aliphatic rings.